The topological polar surface area (TPSA) is 66.0 Å². The first kappa shape index (κ1) is 22.4. The van der Waals surface area contributed by atoms with Gasteiger partial charge in [0.05, 0.1) is 18.8 Å². The highest BCUT2D eigenvalue weighted by molar-refractivity contribution is 5.89. The highest BCUT2D eigenvalue weighted by atomic mass is 16.5. The molecule has 170 valence electrons. The third-order valence-electron chi connectivity index (χ3n) is 6.27. The van der Waals surface area contributed by atoms with Gasteiger partial charge in [-0.3, -0.25) is 19.5 Å². The van der Waals surface area contributed by atoms with Crippen LogP contribution in [0.15, 0.2) is 48.8 Å². The summed E-state index contributed by atoms with van der Waals surface area (Å²) in [5.74, 6) is 0.0226. The molecule has 7 nitrogen and oxygen atoms in total. The molecule has 2 aliphatic heterocycles. The van der Waals surface area contributed by atoms with E-state index in [2.05, 4.69) is 9.88 Å². The van der Waals surface area contributed by atoms with Crippen molar-refractivity contribution in [3.63, 3.8) is 0 Å². The van der Waals surface area contributed by atoms with Gasteiger partial charge in [0.2, 0.25) is 11.8 Å². The van der Waals surface area contributed by atoms with Gasteiger partial charge in [-0.1, -0.05) is 30.3 Å². The highest BCUT2D eigenvalue weighted by Gasteiger charge is 2.37. The molecule has 2 fully saturated rings. The van der Waals surface area contributed by atoms with Gasteiger partial charge in [-0.05, 0) is 36.6 Å². The smallest absolute Gasteiger partial charge is 0.245 e. The number of nitrogens with zero attached hydrogens (tertiary/aromatic N) is 4. The molecule has 0 radical (unpaired) electrons. The molecule has 1 aromatic heterocycles. The molecule has 2 aromatic rings. The van der Waals surface area contributed by atoms with Gasteiger partial charge in [0.15, 0.2) is 0 Å². The van der Waals surface area contributed by atoms with E-state index in [1.807, 2.05) is 63.5 Å². The molecule has 0 N–H and O–H groups in total. The Morgan fingerprint density at radius 1 is 1.06 bits per heavy atom. The number of piperazine rings is 1. The molecule has 3 heterocycles. The van der Waals surface area contributed by atoms with Gasteiger partial charge in [0.25, 0.3) is 0 Å². The van der Waals surface area contributed by atoms with Crippen LogP contribution in [0.2, 0.25) is 0 Å². The average Bonchev–Trinajstić information content (AvgIpc) is 2.77. The van der Waals surface area contributed by atoms with Crippen molar-refractivity contribution in [1.82, 2.24) is 19.7 Å². The summed E-state index contributed by atoms with van der Waals surface area (Å²) in [4.78, 5) is 36.1. The number of hydrogen-bond donors (Lipinski definition) is 0. The second-order valence-corrected chi connectivity index (χ2v) is 8.96. The minimum absolute atomic E-state index is 0.00431. The van der Waals surface area contributed by atoms with E-state index in [1.54, 1.807) is 16.0 Å². The Hall–Kier alpha value is -2.77. The summed E-state index contributed by atoms with van der Waals surface area (Å²) in [5, 5.41) is 0. The van der Waals surface area contributed by atoms with Crippen LogP contribution in [0.4, 0.5) is 0 Å². The normalized spacial score (nSPS) is 24.6. The van der Waals surface area contributed by atoms with Crippen molar-refractivity contribution in [3.8, 4) is 11.1 Å². The van der Waals surface area contributed by atoms with E-state index in [-0.39, 0.29) is 24.0 Å². The van der Waals surface area contributed by atoms with Crippen LogP contribution < -0.4 is 0 Å². The lowest BCUT2D eigenvalue weighted by atomic mass is 9.98. The molecule has 0 aliphatic carbocycles. The molecule has 0 spiro atoms. The van der Waals surface area contributed by atoms with Gasteiger partial charge in [-0.2, -0.15) is 0 Å². The van der Waals surface area contributed by atoms with Crippen LogP contribution in [0.5, 0.6) is 0 Å². The summed E-state index contributed by atoms with van der Waals surface area (Å²) >= 11 is 0. The molecular formula is C25H32N4O3. The van der Waals surface area contributed by atoms with Gasteiger partial charge in [0.1, 0.15) is 6.04 Å². The van der Waals surface area contributed by atoms with Crippen LogP contribution in [-0.2, 0) is 20.7 Å². The number of carbonyl (C=O) groups excluding carboxylic acids is 2. The number of ether oxygens (including phenoxy) is 1. The molecule has 0 saturated carbocycles. The number of carbonyl (C=O) groups is 2. The Balaban J connectivity index is 1.47. The summed E-state index contributed by atoms with van der Waals surface area (Å²) < 4.78 is 5.78. The minimum atomic E-state index is -0.471. The molecule has 3 atom stereocenters. The third kappa shape index (κ3) is 5.16. The van der Waals surface area contributed by atoms with Crippen molar-refractivity contribution in [1.29, 1.82) is 0 Å². The Morgan fingerprint density at radius 2 is 1.78 bits per heavy atom. The Kier molecular flexibility index (Phi) is 6.86. The van der Waals surface area contributed by atoms with Gasteiger partial charge in [-0.25, -0.2) is 0 Å². The molecule has 2 amide bonds. The largest absolute Gasteiger partial charge is 0.373 e. The van der Waals surface area contributed by atoms with Crippen molar-refractivity contribution in [2.75, 3.05) is 39.8 Å². The van der Waals surface area contributed by atoms with Crippen molar-refractivity contribution in [2.24, 2.45) is 0 Å². The van der Waals surface area contributed by atoms with E-state index in [1.165, 1.54) is 0 Å². The second-order valence-electron chi connectivity index (χ2n) is 8.96. The molecule has 4 rings (SSSR count). The number of benzene rings is 1. The van der Waals surface area contributed by atoms with Crippen molar-refractivity contribution < 1.29 is 14.3 Å². The lowest BCUT2D eigenvalue weighted by Crippen LogP contribution is -2.60. The first-order chi connectivity index (χ1) is 15.4. The number of rotatable bonds is 5. The van der Waals surface area contributed by atoms with E-state index < -0.39 is 6.04 Å². The van der Waals surface area contributed by atoms with Crippen LogP contribution in [0, 0.1) is 0 Å². The first-order valence-electron chi connectivity index (χ1n) is 11.3. The number of amides is 2. The molecule has 7 heteroatoms. The Morgan fingerprint density at radius 3 is 2.44 bits per heavy atom. The van der Waals surface area contributed by atoms with E-state index in [4.69, 9.17) is 4.74 Å². The van der Waals surface area contributed by atoms with Crippen LogP contribution in [0.3, 0.4) is 0 Å². The zero-order chi connectivity index (χ0) is 22.7. The summed E-state index contributed by atoms with van der Waals surface area (Å²) in [6.07, 6.45) is 4.32. The second kappa shape index (κ2) is 9.79. The molecular weight excluding hydrogens is 404 g/mol. The van der Waals surface area contributed by atoms with Gasteiger partial charge >= 0.3 is 0 Å². The van der Waals surface area contributed by atoms with Crippen molar-refractivity contribution >= 4 is 11.8 Å². The van der Waals surface area contributed by atoms with E-state index in [9.17, 15) is 9.59 Å². The number of hydrogen-bond acceptors (Lipinski definition) is 5. The average molecular weight is 437 g/mol. The van der Waals surface area contributed by atoms with Crippen molar-refractivity contribution in [3.05, 3.63) is 54.4 Å². The summed E-state index contributed by atoms with van der Waals surface area (Å²) in [5.41, 5.74) is 3.17. The fraction of sp³-hybridized carbons (Fsp3) is 0.480. The number of pyridine rings is 1. The van der Waals surface area contributed by atoms with Crippen LogP contribution in [-0.4, -0.2) is 89.5 Å². The number of likely N-dealkylation sites (N-methyl/N-ethyl adjacent to an activating group) is 1. The Bertz CT molecular complexity index is 924. The quantitative estimate of drug-likeness (QED) is 0.718. The standard InChI is InChI=1S/C25H32N4O3/c1-18-15-28(16-19(2)32-18)17-24(30)29-12-11-27(3)25(31)23(29)13-20-6-8-21(9-7-20)22-5-4-10-26-14-22/h4-10,14,18-19,23H,11-13,15-17H2,1-3H3/t18-,19+,23-/m1/s1. The number of aromatic nitrogens is 1. The highest BCUT2D eigenvalue weighted by Crippen LogP contribution is 2.22. The van der Waals surface area contributed by atoms with Crippen molar-refractivity contribution in [2.45, 2.75) is 38.5 Å². The summed E-state index contributed by atoms with van der Waals surface area (Å²) in [6, 6.07) is 11.6. The predicted octanol–water partition coefficient (Wildman–Crippen LogP) is 2.07. The molecule has 1 aromatic carbocycles. The maximum absolute atomic E-state index is 13.2. The molecule has 0 bridgehead atoms. The van der Waals surface area contributed by atoms with E-state index in [0.29, 0.717) is 26.1 Å². The zero-order valence-electron chi connectivity index (χ0n) is 19.1. The lowest BCUT2D eigenvalue weighted by Gasteiger charge is -2.41. The van der Waals surface area contributed by atoms with Gasteiger partial charge in [-0.15, -0.1) is 0 Å². The molecule has 0 unspecified atom stereocenters. The van der Waals surface area contributed by atoms with E-state index >= 15 is 0 Å². The third-order valence-corrected chi connectivity index (χ3v) is 6.27. The first-order valence-corrected chi connectivity index (χ1v) is 11.3. The SMILES string of the molecule is C[C@@H]1CN(CC(=O)N2CCN(C)C(=O)[C@H]2Cc2ccc(-c3cccnc3)cc2)C[C@H](C)O1. The maximum atomic E-state index is 13.2. The predicted molar refractivity (Wildman–Crippen MR) is 123 cm³/mol. The number of morpholine rings is 1. The lowest BCUT2D eigenvalue weighted by molar-refractivity contribution is -0.152. The fourth-order valence-electron chi connectivity index (χ4n) is 4.69. The van der Waals surface area contributed by atoms with Gasteiger partial charge in [0, 0.05) is 52.0 Å². The van der Waals surface area contributed by atoms with E-state index in [0.717, 1.165) is 29.8 Å². The minimum Gasteiger partial charge on any atom is -0.373 e. The zero-order valence-corrected chi connectivity index (χ0v) is 19.1. The van der Waals surface area contributed by atoms with Crippen LogP contribution >= 0.6 is 0 Å². The molecule has 2 saturated heterocycles. The summed E-state index contributed by atoms with van der Waals surface area (Å²) in [6.45, 7) is 6.99. The van der Waals surface area contributed by atoms with Crippen LogP contribution in [0.1, 0.15) is 19.4 Å². The van der Waals surface area contributed by atoms with Crippen LogP contribution in [0.25, 0.3) is 11.1 Å². The fourth-order valence-corrected chi connectivity index (χ4v) is 4.69. The molecule has 32 heavy (non-hydrogen) atoms. The monoisotopic (exact) mass is 436 g/mol. The van der Waals surface area contributed by atoms with Gasteiger partial charge < -0.3 is 14.5 Å². The summed E-state index contributed by atoms with van der Waals surface area (Å²) in [7, 11) is 1.81. The maximum Gasteiger partial charge on any atom is 0.245 e. The Labute approximate surface area is 190 Å². The molecule has 2 aliphatic rings.